The second kappa shape index (κ2) is 9.25. The van der Waals surface area contributed by atoms with Gasteiger partial charge in [0.1, 0.15) is 12.3 Å². The van der Waals surface area contributed by atoms with E-state index in [-0.39, 0.29) is 23.5 Å². The molecule has 2 saturated heterocycles. The second-order valence-corrected chi connectivity index (χ2v) is 11.4. The summed E-state index contributed by atoms with van der Waals surface area (Å²) in [6.07, 6.45) is 4.43. The van der Waals surface area contributed by atoms with Crippen LogP contribution in [0.1, 0.15) is 36.8 Å². The predicted molar refractivity (Wildman–Crippen MR) is 129 cm³/mol. The quantitative estimate of drug-likeness (QED) is 0.540. The zero-order valence-corrected chi connectivity index (χ0v) is 20.5. The summed E-state index contributed by atoms with van der Waals surface area (Å²) in [5, 5.41) is 2.27. The van der Waals surface area contributed by atoms with Crippen molar-refractivity contribution < 1.29 is 22.7 Å². The Morgan fingerprint density at radius 3 is 2.43 bits per heavy atom. The third-order valence-corrected chi connectivity index (χ3v) is 8.41. The van der Waals surface area contributed by atoms with E-state index < -0.39 is 21.6 Å². The molecule has 0 bridgehead atoms. The van der Waals surface area contributed by atoms with E-state index in [1.807, 2.05) is 31.3 Å². The summed E-state index contributed by atoms with van der Waals surface area (Å²) < 4.78 is 35.8. The van der Waals surface area contributed by atoms with E-state index in [0.29, 0.717) is 25.4 Å². The molecule has 1 saturated carbocycles. The minimum absolute atomic E-state index is 0.0403. The molecule has 2 aromatic carbocycles. The summed E-state index contributed by atoms with van der Waals surface area (Å²) in [5.74, 6) is 0.267. The van der Waals surface area contributed by atoms with Gasteiger partial charge in [-0.2, -0.15) is 4.72 Å². The molecule has 2 heterocycles. The molecule has 1 aliphatic carbocycles. The molecule has 2 aliphatic heterocycles. The van der Waals surface area contributed by atoms with E-state index in [1.165, 1.54) is 4.90 Å². The summed E-state index contributed by atoms with van der Waals surface area (Å²) in [4.78, 5) is 26.9. The highest BCUT2D eigenvalue weighted by atomic mass is 32.2. The molecule has 3 amide bonds. The van der Waals surface area contributed by atoms with Crippen LogP contribution < -0.4 is 14.8 Å². The maximum atomic E-state index is 13.4. The van der Waals surface area contributed by atoms with Crippen LogP contribution in [0.2, 0.25) is 0 Å². The highest BCUT2D eigenvalue weighted by Crippen LogP contribution is 2.34. The molecular weight excluding hydrogens is 468 g/mol. The third kappa shape index (κ3) is 5.05. The fourth-order valence-corrected chi connectivity index (χ4v) is 6.58. The molecule has 0 spiro atoms. The molecule has 0 unspecified atom stereocenters. The lowest BCUT2D eigenvalue weighted by Crippen LogP contribution is -2.66. The Morgan fingerprint density at radius 1 is 1.09 bits per heavy atom. The van der Waals surface area contributed by atoms with Crippen molar-refractivity contribution in [3.63, 3.8) is 0 Å². The number of likely N-dealkylation sites (N-methyl/N-ethyl adjacent to an activating group) is 1. The number of likely N-dealkylation sites (tertiary alicyclic amines) is 1. The average Bonchev–Trinajstić information content (AvgIpc) is 3.42. The van der Waals surface area contributed by atoms with Gasteiger partial charge in [-0.3, -0.25) is 10.1 Å². The van der Waals surface area contributed by atoms with Crippen molar-refractivity contribution in [2.75, 3.05) is 26.7 Å². The number of benzene rings is 2. The first-order chi connectivity index (χ1) is 16.7. The Bertz CT molecular complexity index is 1220. The highest BCUT2D eigenvalue weighted by Gasteiger charge is 2.46. The van der Waals surface area contributed by atoms with Gasteiger partial charge in [-0.1, -0.05) is 30.3 Å². The number of carbonyl (C=O) groups excluding carboxylic acids is 2. The Morgan fingerprint density at radius 2 is 1.80 bits per heavy atom. The molecule has 186 valence electrons. The molecule has 3 fully saturated rings. The van der Waals surface area contributed by atoms with Crippen LogP contribution in [0, 0.1) is 0 Å². The topological polar surface area (TPSA) is 108 Å². The number of imide groups is 1. The van der Waals surface area contributed by atoms with Crippen LogP contribution in [0.4, 0.5) is 4.79 Å². The number of hydrogen-bond acceptors (Lipinski definition) is 6. The summed E-state index contributed by atoms with van der Waals surface area (Å²) in [7, 11) is -1.86. The molecule has 0 radical (unpaired) electrons. The SMILES string of the molecule is CN1CC(NS(=O)(=O)c2cccc(OC3CCCC3)c2)(c2ccc(CN3CC(=O)NC3=O)cc2)C1. The van der Waals surface area contributed by atoms with Crippen LogP contribution in [0.25, 0.3) is 0 Å². The summed E-state index contributed by atoms with van der Waals surface area (Å²) in [5.41, 5.74) is 0.958. The summed E-state index contributed by atoms with van der Waals surface area (Å²) >= 11 is 0. The third-order valence-electron chi connectivity index (χ3n) is 6.88. The van der Waals surface area contributed by atoms with Gasteiger partial charge in [0.2, 0.25) is 15.9 Å². The van der Waals surface area contributed by atoms with Crippen molar-refractivity contribution in [2.24, 2.45) is 0 Å². The predicted octanol–water partition coefficient (Wildman–Crippen LogP) is 2.18. The van der Waals surface area contributed by atoms with Crippen LogP contribution in [-0.2, 0) is 26.9 Å². The first-order valence-corrected chi connectivity index (χ1v) is 13.4. The van der Waals surface area contributed by atoms with E-state index in [1.54, 1.807) is 24.3 Å². The summed E-state index contributed by atoms with van der Waals surface area (Å²) in [6.45, 7) is 1.42. The van der Waals surface area contributed by atoms with Crippen molar-refractivity contribution >= 4 is 22.0 Å². The number of nitrogens with zero attached hydrogens (tertiary/aromatic N) is 2. The monoisotopic (exact) mass is 498 g/mol. The molecule has 5 rings (SSSR count). The average molecular weight is 499 g/mol. The fraction of sp³-hybridized carbons (Fsp3) is 0.440. The van der Waals surface area contributed by atoms with Gasteiger partial charge >= 0.3 is 6.03 Å². The zero-order chi connectivity index (χ0) is 24.6. The molecular formula is C25H30N4O5S. The van der Waals surface area contributed by atoms with Crippen LogP contribution in [0.3, 0.4) is 0 Å². The minimum Gasteiger partial charge on any atom is -0.490 e. The number of nitrogens with one attached hydrogen (secondary N) is 2. The van der Waals surface area contributed by atoms with Crippen molar-refractivity contribution in [2.45, 2.75) is 48.8 Å². The first kappa shape index (κ1) is 23.8. The van der Waals surface area contributed by atoms with Gasteiger partial charge in [0.25, 0.3) is 0 Å². The van der Waals surface area contributed by atoms with Gasteiger partial charge in [-0.05, 0) is 56.0 Å². The number of ether oxygens (including phenoxy) is 1. The van der Waals surface area contributed by atoms with Crippen LogP contribution in [-0.4, -0.2) is 62.9 Å². The fourth-order valence-electron chi connectivity index (χ4n) is 5.17. The minimum atomic E-state index is -3.80. The Balaban J connectivity index is 1.32. The van der Waals surface area contributed by atoms with Crippen molar-refractivity contribution in [3.05, 3.63) is 59.7 Å². The standard InChI is InChI=1S/C25H30N4O5S/c1-28-16-25(17-28,19-11-9-18(10-12-19)14-29-15-23(30)26-24(29)31)27-35(32,33)22-8-4-7-21(13-22)34-20-5-2-3-6-20/h4,7-13,20,27H,2-3,5-6,14-17H2,1H3,(H,26,30,31). The lowest BCUT2D eigenvalue weighted by Gasteiger charge is -2.49. The number of sulfonamides is 1. The van der Waals surface area contributed by atoms with Gasteiger partial charge in [-0.25, -0.2) is 13.2 Å². The molecule has 0 atom stereocenters. The van der Waals surface area contributed by atoms with Crippen LogP contribution in [0.5, 0.6) is 5.75 Å². The molecule has 10 heteroatoms. The maximum Gasteiger partial charge on any atom is 0.324 e. The number of urea groups is 1. The largest absolute Gasteiger partial charge is 0.490 e. The van der Waals surface area contributed by atoms with E-state index in [9.17, 15) is 18.0 Å². The normalized spacial score (nSPS) is 20.7. The van der Waals surface area contributed by atoms with Crippen molar-refractivity contribution in [1.29, 1.82) is 0 Å². The van der Waals surface area contributed by atoms with E-state index in [4.69, 9.17) is 4.74 Å². The van der Waals surface area contributed by atoms with Crippen molar-refractivity contribution in [3.8, 4) is 5.75 Å². The van der Waals surface area contributed by atoms with E-state index in [2.05, 4.69) is 14.9 Å². The van der Waals surface area contributed by atoms with Gasteiger partial charge in [0.15, 0.2) is 0 Å². The van der Waals surface area contributed by atoms with E-state index >= 15 is 0 Å². The molecule has 9 nitrogen and oxygen atoms in total. The van der Waals surface area contributed by atoms with Gasteiger partial charge in [0.05, 0.1) is 16.5 Å². The molecule has 2 aromatic rings. The Hall–Kier alpha value is -2.95. The van der Waals surface area contributed by atoms with Crippen LogP contribution >= 0.6 is 0 Å². The zero-order valence-electron chi connectivity index (χ0n) is 19.7. The lowest BCUT2D eigenvalue weighted by molar-refractivity contribution is -0.118. The summed E-state index contributed by atoms with van der Waals surface area (Å²) in [6, 6.07) is 13.8. The second-order valence-electron chi connectivity index (χ2n) is 9.77. The molecule has 35 heavy (non-hydrogen) atoms. The lowest BCUT2D eigenvalue weighted by atomic mass is 9.83. The number of hydrogen-bond donors (Lipinski definition) is 2. The Labute approximate surface area is 205 Å². The van der Waals surface area contributed by atoms with E-state index in [0.717, 1.165) is 36.8 Å². The number of carbonyl (C=O) groups is 2. The molecule has 0 aromatic heterocycles. The van der Waals surface area contributed by atoms with Gasteiger partial charge in [0, 0.05) is 25.7 Å². The Kier molecular flexibility index (Phi) is 6.29. The first-order valence-electron chi connectivity index (χ1n) is 11.9. The van der Waals surface area contributed by atoms with Crippen LogP contribution in [0.15, 0.2) is 53.4 Å². The van der Waals surface area contributed by atoms with Crippen molar-refractivity contribution in [1.82, 2.24) is 19.8 Å². The number of rotatable bonds is 8. The van der Waals surface area contributed by atoms with Gasteiger partial charge in [-0.15, -0.1) is 0 Å². The molecule has 3 aliphatic rings. The maximum absolute atomic E-state index is 13.4. The molecule has 2 N–H and O–H groups in total. The van der Waals surface area contributed by atoms with Gasteiger partial charge < -0.3 is 14.5 Å². The number of amides is 3. The smallest absolute Gasteiger partial charge is 0.324 e. The highest BCUT2D eigenvalue weighted by molar-refractivity contribution is 7.89.